The summed E-state index contributed by atoms with van der Waals surface area (Å²) in [5.74, 6) is -0.258. The fourth-order valence-corrected chi connectivity index (χ4v) is 4.43. The summed E-state index contributed by atoms with van der Waals surface area (Å²) < 4.78 is 6.23. The van der Waals surface area contributed by atoms with E-state index in [0.29, 0.717) is 6.61 Å². The number of hydrogen-bond donors (Lipinski definition) is 1. The number of benzene rings is 1. The molecule has 1 atom stereocenters. The number of hydrogen-bond acceptors (Lipinski definition) is 3. The van der Waals surface area contributed by atoms with Gasteiger partial charge in [0.15, 0.2) is 0 Å². The molecule has 0 bridgehead atoms. The quantitative estimate of drug-likeness (QED) is 0.435. The van der Waals surface area contributed by atoms with Gasteiger partial charge in [-0.15, -0.1) is 0 Å². The zero-order valence-corrected chi connectivity index (χ0v) is 15.5. The monoisotopic (exact) mass is 370 g/mol. The molecule has 3 nitrogen and oxygen atoms in total. The first-order chi connectivity index (χ1) is 10.3. The van der Waals surface area contributed by atoms with Crippen LogP contribution in [0.15, 0.2) is 42.0 Å². The molecule has 0 saturated heterocycles. The number of aliphatic hydroxyl groups is 1. The van der Waals surface area contributed by atoms with E-state index in [9.17, 15) is 9.90 Å². The number of carbonyl (C=O) groups is 1. The Balaban J connectivity index is 2.57. The zero-order chi connectivity index (χ0) is 16.6. The van der Waals surface area contributed by atoms with E-state index in [1.54, 1.807) is 0 Å². The molecule has 0 aromatic heterocycles. The second kappa shape index (κ2) is 9.14. The van der Waals surface area contributed by atoms with Crippen LogP contribution in [0.5, 0.6) is 0 Å². The van der Waals surface area contributed by atoms with Crippen LogP contribution in [-0.2, 0) is 9.53 Å². The van der Waals surface area contributed by atoms with Crippen molar-refractivity contribution in [2.75, 3.05) is 6.61 Å². The summed E-state index contributed by atoms with van der Waals surface area (Å²) in [7, 11) is 0. The van der Waals surface area contributed by atoms with E-state index in [-0.39, 0.29) is 25.7 Å². The first-order valence-corrected chi connectivity index (χ1v) is 9.36. The molecular weight excluding hydrogens is 343 g/mol. The molecule has 1 aromatic rings. The molecule has 0 heterocycles. The van der Waals surface area contributed by atoms with Crippen LogP contribution in [0.4, 0.5) is 0 Å². The number of carbonyl (C=O) groups excluding carboxylic acids is 1. The SMILES string of the molecule is CC(=O)OC/C=C(\C)CCC([Se]c1ccccc1)C(C)(C)O. The van der Waals surface area contributed by atoms with E-state index in [0.717, 1.165) is 12.8 Å². The third-order valence-electron chi connectivity index (χ3n) is 3.33. The van der Waals surface area contributed by atoms with Crippen molar-refractivity contribution in [1.82, 2.24) is 0 Å². The summed E-state index contributed by atoms with van der Waals surface area (Å²) in [6.45, 7) is 7.56. The van der Waals surface area contributed by atoms with Gasteiger partial charge in [0.25, 0.3) is 0 Å². The minimum absolute atomic E-state index is 0.232. The number of esters is 1. The van der Waals surface area contributed by atoms with E-state index in [2.05, 4.69) is 12.1 Å². The van der Waals surface area contributed by atoms with Gasteiger partial charge in [0.2, 0.25) is 0 Å². The molecule has 1 unspecified atom stereocenters. The van der Waals surface area contributed by atoms with Crippen LogP contribution in [0.25, 0.3) is 0 Å². The molecule has 0 amide bonds. The van der Waals surface area contributed by atoms with Gasteiger partial charge in [0.1, 0.15) is 0 Å². The van der Waals surface area contributed by atoms with Gasteiger partial charge in [-0.1, -0.05) is 0 Å². The number of allylic oxidation sites excluding steroid dienone is 1. The van der Waals surface area contributed by atoms with Crippen LogP contribution in [-0.4, -0.2) is 38.2 Å². The zero-order valence-electron chi connectivity index (χ0n) is 13.8. The standard InChI is InChI=1S/C18H26O3Se/c1-14(12-13-21-15(2)19)10-11-17(18(3,4)20)22-16-8-6-5-7-9-16/h5-9,12,17,20H,10-11,13H2,1-4H3/b14-12+. The predicted octanol–water partition coefficient (Wildman–Crippen LogP) is 2.87. The van der Waals surface area contributed by atoms with Crippen molar-refractivity contribution in [3.63, 3.8) is 0 Å². The molecule has 0 radical (unpaired) electrons. The third kappa shape index (κ3) is 7.79. The molecule has 0 aliphatic carbocycles. The molecule has 0 spiro atoms. The van der Waals surface area contributed by atoms with Gasteiger partial charge in [-0.3, -0.25) is 0 Å². The Labute approximate surface area is 139 Å². The minimum atomic E-state index is -0.688. The van der Waals surface area contributed by atoms with Crippen molar-refractivity contribution in [1.29, 1.82) is 0 Å². The van der Waals surface area contributed by atoms with Crippen molar-refractivity contribution in [2.24, 2.45) is 0 Å². The molecule has 22 heavy (non-hydrogen) atoms. The van der Waals surface area contributed by atoms with Crippen LogP contribution in [0.2, 0.25) is 4.82 Å². The first kappa shape index (κ1) is 19.0. The van der Waals surface area contributed by atoms with Gasteiger partial charge < -0.3 is 0 Å². The molecule has 4 heteroatoms. The molecular formula is C18H26O3Se. The Hall–Kier alpha value is -1.09. The summed E-state index contributed by atoms with van der Waals surface area (Å²) in [4.78, 5) is 11.0. The maximum absolute atomic E-state index is 10.7. The predicted molar refractivity (Wildman–Crippen MR) is 91.5 cm³/mol. The Bertz CT molecular complexity index is 489. The van der Waals surface area contributed by atoms with Crippen LogP contribution >= 0.6 is 0 Å². The van der Waals surface area contributed by atoms with E-state index in [1.807, 2.05) is 45.0 Å². The molecule has 0 aliphatic heterocycles. The second-order valence-corrected chi connectivity index (χ2v) is 8.64. The molecule has 1 N–H and O–H groups in total. The number of rotatable bonds is 8. The van der Waals surface area contributed by atoms with Crippen LogP contribution < -0.4 is 4.46 Å². The third-order valence-corrected chi connectivity index (χ3v) is 6.77. The molecule has 122 valence electrons. The van der Waals surface area contributed by atoms with Crippen molar-refractivity contribution in [3.05, 3.63) is 42.0 Å². The Morgan fingerprint density at radius 3 is 2.50 bits per heavy atom. The van der Waals surface area contributed by atoms with Crippen molar-refractivity contribution in [3.8, 4) is 0 Å². The van der Waals surface area contributed by atoms with Crippen LogP contribution in [0, 0.1) is 0 Å². The topological polar surface area (TPSA) is 46.5 Å². The fourth-order valence-electron chi connectivity index (χ4n) is 1.98. The van der Waals surface area contributed by atoms with E-state index < -0.39 is 5.60 Å². The van der Waals surface area contributed by atoms with Gasteiger partial charge in [-0.2, -0.15) is 0 Å². The fraction of sp³-hybridized carbons (Fsp3) is 0.500. The Morgan fingerprint density at radius 2 is 1.95 bits per heavy atom. The van der Waals surface area contributed by atoms with Gasteiger partial charge in [0, 0.05) is 0 Å². The van der Waals surface area contributed by atoms with E-state index in [1.165, 1.54) is 17.0 Å². The Morgan fingerprint density at radius 1 is 1.32 bits per heavy atom. The first-order valence-electron chi connectivity index (χ1n) is 7.52. The van der Waals surface area contributed by atoms with Crippen molar-refractivity contribution >= 4 is 25.4 Å². The van der Waals surface area contributed by atoms with Crippen molar-refractivity contribution in [2.45, 2.75) is 51.0 Å². The number of ether oxygens (including phenoxy) is 1. The van der Waals surface area contributed by atoms with Crippen LogP contribution in [0.1, 0.15) is 40.5 Å². The Kier molecular flexibility index (Phi) is 7.88. The second-order valence-electron chi connectivity index (χ2n) is 5.96. The molecule has 0 fully saturated rings. The molecule has 0 saturated carbocycles. The summed E-state index contributed by atoms with van der Waals surface area (Å²) in [5.41, 5.74) is 0.505. The summed E-state index contributed by atoms with van der Waals surface area (Å²) in [5, 5.41) is 10.4. The maximum atomic E-state index is 10.7. The van der Waals surface area contributed by atoms with Crippen molar-refractivity contribution < 1.29 is 14.6 Å². The van der Waals surface area contributed by atoms with E-state index in [4.69, 9.17) is 4.74 Å². The van der Waals surface area contributed by atoms with Crippen LogP contribution in [0.3, 0.4) is 0 Å². The molecule has 0 aliphatic rings. The molecule has 1 aromatic carbocycles. The summed E-state index contributed by atoms with van der Waals surface area (Å²) >= 11 is 0.232. The van der Waals surface area contributed by atoms with Gasteiger partial charge in [-0.25, -0.2) is 0 Å². The van der Waals surface area contributed by atoms with Gasteiger partial charge in [0.05, 0.1) is 0 Å². The molecule has 1 rings (SSSR count). The average molecular weight is 369 g/mol. The van der Waals surface area contributed by atoms with E-state index >= 15 is 0 Å². The normalized spacial score (nSPS) is 13.8. The average Bonchev–Trinajstić information content (AvgIpc) is 2.43. The van der Waals surface area contributed by atoms with Gasteiger partial charge >= 0.3 is 140 Å². The summed E-state index contributed by atoms with van der Waals surface area (Å²) in [6, 6.07) is 10.4. The summed E-state index contributed by atoms with van der Waals surface area (Å²) in [6.07, 6.45) is 3.78. The van der Waals surface area contributed by atoms with Gasteiger partial charge in [-0.05, 0) is 0 Å².